The normalized spacial score (nSPS) is 25.5. The predicted molar refractivity (Wildman–Crippen MR) is 88.4 cm³/mol. The lowest BCUT2D eigenvalue weighted by atomic mass is 9.84. The SMILES string of the molecule is O=C(N[C@H]1CN2CCC1CC2)c1ncc(Oc2ccc(Cl)cc2)o1. The van der Waals surface area contributed by atoms with Crippen molar-refractivity contribution in [3.05, 3.63) is 41.4 Å². The molecule has 2 aromatic rings. The molecule has 3 aliphatic rings. The van der Waals surface area contributed by atoms with Gasteiger partial charge in [-0.1, -0.05) is 11.6 Å². The summed E-state index contributed by atoms with van der Waals surface area (Å²) in [5.41, 5.74) is 0. The first kappa shape index (κ1) is 15.5. The summed E-state index contributed by atoms with van der Waals surface area (Å²) in [5.74, 6) is 1.03. The third-order valence-corrected chi connectivity index (χ3v) is 4.94. The third-order valence-electron chi connectivity index (χ3n) is 4.68. The van der Waals surface area contributed by atoms with Gasteiger partial charge in [-0.2, -0.15) is 0 Å². The van der Waals surface area contributed by atoms with Crippen molar-refractivity contribution in [1.82, 2.24) is 15.2 Å². The Hall–Kier alpha value is -2.05. The minimum Gasteiger partial charge on any atom is -0.425 e. The standard InChI is InChI=1S/C17H18ClN3O3/c18-12-1-3-13(4-2-12)23-15-9-19-17(24-15)16(22)20-14-10-21-7-5-11(14)6-8-21/h1-4,9,11,14H,5-8,10H2,(H,20,22)/t14-/m0/s1. The molecule has 4 heterocycles. The van der Waals surface area contributed by atoms with Gasteiger partial charge in [0.05, 0.1) is 0 Å². The van der Waals surface area contributed by atoms with Gasteiger partial charge in [0, 0.05) is 17.6 Å². The van der Waals surface area contributed by atoms with E-state index in [1.54, 1.807) is 24.3 Å². The molecule has 5 rings (SSSR count). The molecule has 3 fully saturated rings. The third kappa shape index (κ3) is 3.25. The topological polar surface area (TPSA) is 67.6 Å². The number of carbonyl (C=O) groups excluding carboxylic acids is 1. The first-order valence-electron chi connectivity index (χ1n) is 8.10. The van der Waals surface area contributed by atoms with Crippen LogP contribution in [0, 0.1) is 5.92 Å². The molecule has 0 spiro atoms. The van der Waals surface area contributed by atoms with Crippen LogP contribution in [0.4, 0.5) is 0 Å². The zero-order valence-corrected chi connectivity index (χ0v) is 13.8. The van der Waals surface area contributed by atoms with E-state index in [0.29, 0.717) is 16.7 Å². The average molecular weight is 348 g/mol. The summed E-state index contributed by atoms with van der Waals surface area (Å²) in [4.78, 5) is 18.7. The van der Waals surface area contributed by atoms with Crippen molar-refractivity contribution >= 4 is 17.5 Å². The van der Waals surface area contributed by atoms with Crippen LogP contribution in [-0.4, -0.2) is 41.5 Å². The second kappa shape index (κ2) is 6.45. The van der Waals surface area contributed by atoms with Gasteiger partial charge < -0.3 is 19.4 Å². The summed E-state index contributed by atoms with van der Waals surface area (Å²) in [7, 11) is 0. The Balaban J connectivity index is 1.39. The van der Waals surface area contributed by atoms with Gasteiger partial charge >= 0.3 is 11.9 Å². The Morgan fingerprint density at radius 1 is 1.29 bits per heavy atom. The average Bonchev–Trinajstić information content (AvgIpc) is 3.07. The number of nitrogens with one attached hydrogen (secondary N) is 1. The Kier molecular flexibility index (Phi) is 4.16. The molecule has 24 heavy (non-hydrogen) atoms. The zero-order valence-electron chi connectivity index (χ0n) is 13.1. The molecule has 0 aliphatic carbocycles. The number of piperidine rings is 3. The molecule has 3 aliphatic heterocycles. The maximum atomic E-state index is 12.3. The number of halogens is 1. The number of fused-ring (bicyclic) bond motifs is 3. The predicted octanol–water partition coefficient (Wildman–Crippen LogP) is 2.94. The highest BCUT2D eigenvalue weighted by Gasteiger charge is 2.35. The van der Waals surface area contributed by atoms with Gasteiger partial charge in [-0.3, -0.25) is 4.79 Å². The highest BCUT2D eigenvalue weighted by atomic mass is 35.5. The van der Waals surface area contributed by atoms with E-state index in [0.717, 1.165) is 32.5 Å². The molecular formula is C17H18ClN3O3. The van der Waals surface area contributed by atoms with E-state index in [1.807, 2.05) is 0 Å². The number of aromatic nitrogens is 1. The molecule has 1 aromatic heterocycles. The minimum atomic E-state index is -0.292. The number of hydrogen-bond donors (Lipinski definition) is 1. The molecule has 6 nitrogen and oxygen atoms in total. The Morgan fingerprint density at radius 2 is 2.04 bits per heavy atom. The molecule has 1 N–H and O–H groups in total. The van der Waals surface area contributed by atoms with Crippen molar-refractivity contribution in [3.63, 3.8) is 0 Å². The van der Waals surface area contributed by atoms with E-state index in [-0.39, 0.29) is 23.8 Å². The van der Waals surface area contributed by atoms with Crippen LogP contribution in [0.5, 0.6) is 11.7 Å². The molecule has 0 radical (unpaired) electrons. The molecule has 126 valence electrons. The van der Waals surface area contributed by atoms with Crippen LogP contribution in [0.1, 0.15) is 23.5 Å². The number of oxazole rings is 1. The molecule has 1 aromatic carbocycles. The van der Waals surface area contributed by atoms with Gasteiger partial charge in [0.15, 0.2) is 0 Å². The second-order valence-electron chi connectivity index (χ2n) is 6.26. The van der Waals surface area contributed by atoms with Crippen LogP contribution in [0.15, 0.2) is 34.9 Å². The van der Waals surface area contributed by atoms with Gasteiger partial charge in [0.1, 0.15) is 11.9 Å². The number of benzene rings is 1. The number of carbonyl (C=O) groups is 1. The van der Waals surface area contributed by atoms with Crippen LogP contribution in [-0.2, 0) is 0 Å². The lowest BCUT2D eigenvalue weighted by molar-refractivity contribution is 0.0599. The molecule has 2 bridgehead atoms. The number of rotatable bonds is 4. The number of ether oxygens (including phenoxy) is 1. The number of nitrogens with zero attached hydrogens (tertiary/aromatic N) is 2. The lowest BCUT2D eigenvalue weighted by Gasteiger charge is -2.44. The monoisotopic (exact) mass is 347 g/mol. The summed E-state index contributed by atoms with van der Waals surface area (Å²) in [6.45, 7) is 3.18. The molecule has 1 amide bonds. The Morgan fingerprint density at radius 3 is 2.71 bits per heavy atom. The Bertz CT molecular complexity index is 723. The van der Waals surface area contributed by atoms with E-state index in [4.69, 9.17) is 20.8 Å². The molecule has 0 saturated carbocycles. The maximum absolute atomic E-state index is 12.3. The fourth-order valence-electron chi connectivity index (χ4n) is 3.39. The number of amides is 1. The van der Waals surface area contributed by atoms with Crippen LogP contribution in [0.3, 0.4) is 0 Å². The van der Waals surface area contributed by atoms with E-state index in [1.165, 1.54) is 6.20 Å². The highest BCUT2D eigenvalue weighted by molar-refractivity contribution is 6.30. The maximum Gasteiger partial charge on any atom is 0.311 e. The van der Waals surface area contributed by atoms with Crippen molar-refractivity contribution in [1.29, 1.82) is 0 Å². The van der Waals surface area contributed by atoms with Crippen molar-refractivity contribution in [2.24, 2.45) is 5.92 Å². The lowest BCUT2D eigenvalue weighted by Crippen LogP contribution is -2.57. The van der Waals surface area contributed by atoms with Crippen LogP contribution < -0.4 is 10.1 Å². The summed E-state index contributed by atoms with van der Waals surface area (Å²) in [5, 5.41) is 3.66. The molecule has 1 atom stereocenters. The van der Waals surface area contributed by atoms with Crippen LogP contribution in [0.25, 0.3) is 0 Å². The first-order chi connectivity index (χ1) is 11.7. The fraction of sp³-hybridized carbons (Fsp3) is 0.412. The van der Waals surface area contributed by atoms with E-state index in [2.05, 4.69) is 15.2 Å². The molecule has 0 unspecified atom stereocenters. The zero-order chi connectivity index (χ0) is 16.5. The summed E-state index contributed by atoms with van der Waals surface area (Å²) < 4.78 is 10.9. The Labute approximate surface area is 144 Å². The molecule has 7 heteroatoms. The van der Waals surface area contributed by atoms with Crippen molar-refractivity contribution in [2.45, 2.75) is 18.9 Å². The first-order valence-corrected chi connectivity index (χ1v) is 8.47. The van der Waals surface area contributed by atoms with Crippen molar-refractivity contribution in [2.75, 3.05) is 19.6 Å². The second-order valence-corrected chi connectivity index (χ2v) is 6.69. The van der Waals surface area contributed by atoms with Gasteiger partial charge in [0.25, 0.3) is 5.89 Å². The van der Waals surface area contributed by atoms with E-state index >= 15 is 0 Å². The molecular weight excluding hydrogens is 330 g/mol. The largest absolute Gasteiger partial charge is 0.425 e. The van der Waals surface area contributed by atoms with Crippen molar-refractivity contribution in [3.8, 4) is 11.7 Å². The fourth-order valence-corrected chi connectivity index (χ4v) is 3.51. The molecule has 3 saturated heterocycles. The van der Waals surface area contributed by atoms with Crippen molar-refractivity contribution < 1.29 is 13.9 Å². The highest BCUT2D eigenvalue weighted by Crippen LogP contribution is 2.28. The van der Waals surface area contributed by atoms with Crippen LogP contribution >= 0.6 is 11.6 Å². The summed E-state index contributed by atoms with van der Waals surface area (Å²) >= 11 is 5.83. The van der Waals surface area contributed by atoms with E-state index < -0.39 is 0 Å². The van der Waals surface area contributed by atoms with E-state index in [9.17, 15) is 4.79 Å². The smallest absolute Gasteiger partial charge is 0.311 e. The summed E-state index contributed by atoms with van der Waals surface area (Å²) in [6, 6.07) is 7.05. The quantitative estimate of drug-likeness (QED) is 0.921. The minimum absolute atomic E-state index is 0.0235. The van der Waals surface area contributed by atoms with Gasteiger partial charge in [-0.25, -0.2) is 4.98 Å². The van der Waals surface area contributed by atoms with Gasteiger partial charge in [-0.15, -0.1) is 0 Å². The number of hydrogen-bond acceptors (Lipinski definition) is 5. The summed E-state index contributed by atoms with van der Waals surface area (Å²) in [6.07, 6.45) is 3.68. The van der Waals surface area contributed by atoms with Crippen LogP contribution in [0.2, 0.25) is 5.02 Å². The van der Waals surface area contributed by atoms with Gasteiger partial charge in [-0.05, 0) is 56.1 Å². The van der Waals surface area contributed by atoms with Gasteiger partial charge in [0.2, 0.25) is 0 Å².